The molecule has 0 spiro atoms. The fourth-order valence-electron chi connectivity index (χ4n) is 2.77. The number of benzene rings is 1. The number of hydrogen-bond acceptors (Lipinski definition) is 1. The monoisotopic (exact) mass is 311 g/mol. The van der Waals surface area contributed by atoms with E-state index in [2.05, 4.69) is 56.3 Å². The predicted molar refractivity (Wildman–Crippen MR) is 97.5 cm³/mol. The summed E-state index contributed by atoms with van der Waals surface area (Å²) in [5, 5.41) is 0. The topological polar surface area (TPSA) is 3.24 Å². The Morgan fingerprint density at radius 1 is 0.857 bits per heavy atom. The molecule has 2 heteroatoms. The standard InChI is InChI=1S/C19H33N.ClH/c1-4-5-6-7-8-9-13-16-19(20(2)3)17-18-14-11-10-12-15-18;/h10-12,14-15,19H,4-9,13,16-17H2,1-3H3;1H. The molecule has 0 amide bonds. The Kier molecular flexibility index (Phi) is 12.8. The first-order valence-electron chi connectivity index (χ1n) is 8.44. The molecule has 1 aromatic carbocycles. The maximum atomic E-state index is 2.39. The molecule has 1 rings (SSSR count). The second kappa shape index (κ2) is 13.2. The van der Waals surface area contributed by atoms with E-state index in [4.69, 9.17) is 0 Å². The molecule has 0 heterocycles. The van der Waals surface area contributed by atoms with E-state index in [0.717, 1.165) is 0 Å². The number of hydrogen-bond donors (Lipinski definition) is 0. The van der Waals surface area contributed by atoms with Crippen LogP contribution in [0.25, 0.3) is 0 Å². The Balaban J connectivity index is 0.00000400. The van der Waals surface area contributed by atoms with Gasteiger partial charge in [-0.3, -0.25) is 0 Å². The SMILES string of the molecule is CCCCCCCCCC(Cc1ccccc1)N(C)C.Cl. The van der Waals surface area contributed by atoms with E-state index in [1.807, 2.05) is 0 Å². The average Bonchev–Trinajstić information content (AvgIpc) is 2.46. The summed E-state index contributed by atoms with van der Waals surface area (Å²) in [6.45, 7) is 2.28. The quantitative estimate of drug-likeness (QED) is 0.472. The molecule has 0 saturated heterocycles. The first kappa shape index (κ1) is 20.5. The first-order valence-corrected chi connectivity index (χ1v) is 8.44. The van der Waals surface area contributed by atoms with Gasteiger partial charge in [0.2, 0.25) is 0 Å². The van der Waals surface area contributed by atoms with Crippen LogP contribution in [-0.4, -0.2) is 25.0 Å². The Hall–Kier alpha value is -0.530. The Morgan fingerprint density at radius 2 is 1.43 bits per heavy atom. The van der Waals surface area contributed by atoms with Gasteiger partial charge in [0.1, 0.15) is 0 Å². The van der Waals surface area contributed by atoms with Gasteiger partial charge in [0, 0.05) is 6.04 Å². The smallest absolute Gasteiger partial charge is 0.0130 e. The fourth-order valence-corrected chi connectivity index (χ4v) is 2.77. The molecule has 1 unspecified atom stereocenters. The van der Waals surface area contributed by atoms with Crippen LogP contribution in [0.15, 0.2) is 30.3 Å². The summed E-state index contributed by atoms with van der Waals surface area (Å²) in [5.74, 6) is 0. The van der Waals surface area contributed by atoms with Gasteiger partial charge in [-0.25, -0.2) is 0 Å². The van der Waals surface area contributed by atoms with Gasteiger partial charge in [-0.15, -0.1) is 12.4 Å². The van der Waals surface area contributed by atoms with Crippen LogP contribution in [-0.2, 0) is 6.42 Å². The number of likely N-dealkylation sites (N-methyl/N-ethyl adjacent to an activating group) is 1. The van der Waals surface area contributed by atoms with Crippen LogP contribution in [0.1, 0.15) is 63.9 Å². The lowest BCUT2D eigenvalue weighted by atomic mass is 9.99. The van der Waals surface area contributed by atoms with Crippen molar-refractivity contribution >= 4 is 12.4 Å². The number of rotatable bonds is 11. The lowest BCUT2D eigenvalue weighted by Crippen LogP contribution is -2.30. The van der Waals surface area contributed by atoms with E-state index in [1.165, 1.54) is 63.4 Å². The molecule has 0 aliphatic rings. The maximum Gasteiger partial charge on any atom is 0.0130 e. The lowest BCUT2D eigenvalue weighted by molar-refractivity contribution is 0.269. The van der Waals surface area contributed by atoms with E-state index in [-0.39, 0.29) is 12.4 Å². The molecule has 1 atom stereocenters. The number of unbranched alkanes of at least 4 members (excludes halogenated alkanes) is 6. The van der Waals surface area contributed by atoms with E-state index in [0.29, 0.717) is 6.04 Å². The van der Waals surface area contributed by atoms with Crippen molar-refractivity contribution in [1.82, 2.24) is 4.90 Å². The van der Waals surface area contributed by atoms with E-state index in [9.17, 15) is 0 Å². The third-order valence-electron chi connectivity index (χ3n) is 4.19. The summed E-state index contributed by atoms with van der Waals surface area (Å²) >= 11 is 0. The van der Waals surface area contributed by atoms with Crippen LogP contribution in [0.5, 0.6) is 0 Å². The van der Waals surface area contributed by atoms with Crippen LogP contribution in [0.2, 0.25) is 0 Å². The number of nitrogens with zero attached hydrogens (tertiary/aromatic N) is 1. The zero-order valence-corrected chi connectivity index (χ0v) is 15.0. The van der Waals surface area contributed by atoms with Gasteiger partial charge in [0.15, 0.2) is 0 Å². The molecule has 0 saturated carbocycles. The van der Waals surface area contributed by atoms with Crippen LogP contribution in [0.3, 0.4) is 0 Å². The van der Waals surface area contributed by atoms with E-state index >= 15 is 0 Å². The Labute approximate surface area is 138 Å². The minimum Gasteiger partial charge on any atom is -0.306 e. The van der Waals surface area contributed by atoms with Crippen molar-refractivity contribution in [2.45, 2.75) is 70.8 Å². The van der Waals surface area contributed by atoms with Crippen molar-refractivity contribution in [3.8, 4) is 0 Å². The largest absolute Gasteiger partial charge is 0.306 e. The molecule has 0 radical (unpaired) electrons. The van der Waals surface area contributed by atoms with Gasteiger partial charge < -0.3 is 4.90 Å². The molecule has 1 aromatic rings. The summed E-state index contributed by atoms with van der Waals surface area (Å²) in [6.07, 6.45) is 12.3. The van der Waals surface area contributed by atoms with Crippen LogP contribution in [0.4, 0.5) is 0 Å². The van der Waals surface area contributed by atoms with Crippen molar-refractivity contribution in [3.63, 3.8) is 0 Å². The Bertz CT molecular complexity index is 324. The normalized spacial score (nSPS) is 12.2. The zero-order valence-electron chi connectivity index (χ0n) is 14.2. The molecule has 21 heavy (non-hydrogen) atoms. The van der Waals surface area contributed by atoms with Gasteiger partial charge >= 0.3 is 0 Å². The van der Waals surface area contributed by atoms with Crippen molar-refractivity contribution < 1.29 is 0 Å². The number of halogens is 1. The molecule has 0 bridgehead atoms. The minimum absolute atomic E-state index is 0. The third-order valence-corrected chi connectivity index (χ3v) is 4.19. The molecular formula is C19H34ClN. The predicted octanol–water partition coefficient (Wildman–Crippen LogP) is 5.72. The zero-order chi connectivity index (χ0) is 14.6. The van der Waals surface area contributed by atoms with Crippen LogP contribution >= 0.6 is 12.4 Å². The lowest BCUT2D eigenvalue weighted by Gasteiger charge is -2.24. The average molecular weight is 312 g/mol. The van der Waals surface area contributed by atoms with Gasteiger partial charge in [0.05, 0.1) is 0 Å². The fraction of sp³-hybridized carbons (Fsp3) is 0.684. The summed E-state index contributed by atoms with van der Waals surface area (Å²) in [6, 6.07) is 11.6. The first-order chi connectivity index (χ1) is 9.74. The molecule has 0 aromatic heterocycles. The van der Waals surface area contributed by atoms with Crippen molar-refractivity contribution in [2.75, 3.05) is 14.1 Å². The second-order valence-corrected chi connectivity index (χ2v) is 6.22. The summed E-state index contributed by atoms with van der Waals surface area (Å²) in [5.41, 5.74) is 1.47. The summed E-state index contributed by atoms with van der Waals surface area (Å²) in [4.78, 5) is 2.39. The Morgan fingerprint density at radius 3 is 2.00 bits per heavy atom. The molecule has 0 N–H and O–H groups in total. The minimum atomic E-state index is 0. The summed E-state index contributed by atoms with van der Waals surface area (Å²) in [7, 11) is 4.43. The molecule has 0 aliphatic heterocycles. The van der Waals surface area contributed by atoms with Crippen molar-refractivity contribution in [1.29, 1.82) is 0 Å². The van der Waals surface area contributed by atoms with E-state index < -0.39 is 0 Å². The van der Waals surface area contributed by atoms with Crippen LogP contribution < -0.4 is 0 Å². The van der Waals surface area contributed by atoms with Crippen molar-refractivity contribution in [2.24, 2.45) is 0 Å². The highest BCUT2D eigenvalue weighted by atomic mass is 35.5. The van der Waals surface area contributed by atoms with E-state index in [1.54, 1.807) is 0 Å². The van der Waals surface area contributed by atoms with Gasteiger partial charge in [0.25, 0.3) is 0 Å². The van der Waals surface area contributed by atoms with Gasteiger partial charge in [-0.2, -0.15) is 0 Å². The van der Waals surface area contributed by atoms with Gasteiger partial charge in [-0.1, -0.05) is 82.2 Å². The summed E-state index contributed by atoms with van der Waals surface area (Å²) < 4.78 is 0. The molecular weight excluding hydrogens is 278 g/mol. The second-order valence-electron chi connectivity index (χ2n) is 6.22. The third kappa shape index (κ3) is 9.92. The van der Waals surface area contributed by atoms with Crippen molar-refractivity contribution in [3.05, 3.63) is 35.9 Å². The molecule has 122 valence electrons. The van der Waals surface area contributed by atoms with Crippen LogP contribution in [0, 0.1) is 0 Å². The molecule has 0 aliphatic carbocycles. The molecule has 0 fully saturated rings. The molecule has 1 nitrogen and oxygen atoms in total. The maximum absolute atomic E-state index is 2.39. The highest BCUT2D eigenvalue weighted by Gasteiger charge is 2.11. The highest BCUT2D eigenvalue weighted by molar-refractivity contribution is 5.85. The highest BCUT2D eigenvalue weighted by Crippen LogP contribution is 2.15. The van der Waals surface area contributed by atoms with Gasteiger partial charge in [-0.05, 0) is 32.5 Å².